The van der Waals surface area contributed by atoms with Crippen molar-refractivity contribution in [2.75, 3.05) is 12.4 Å². The van der Waals surface area contributed by atoms with Crippen LogP contribution in [-0.2, 0) is 4.79 Å². The molecule has 0 saturated heterocycles. The predicted octanol–water partition coefficient (Wildman–Crippen LogP) is 3.08. The Kier molecular flexibility index (Phi) is 5.35. The summed E-state index contributed by atoms with van der Waals surface area (Å²) in [6.07, 6.45) is 2.28. The molecule has 2 rings (SSSR count). The van der Waals surface area contributed by atoms with Crippen LogP contribution < -0.4 is 10.1 Å². The van der Waals surface area contributed by atoms with E-state index in [0.29, 0.717) is 12.6 Å². The van der Waals surface area contributed by atoms with Gasteiger partial charge in [0.1, 0.15) is 5.75 Å². The van der Waals surface area contributed by atoms with Gasteiger partial charge in [-0.2, -0.15) is 0 Å². The number of nitrogens with one attached hydrogen (secondary N) is 1. The molecule has 1 fully saturated rings. The molecule has 20 heavy (non-hydrogen) atoms. The first-order chi connectivity index (χ1) is 9.56. The van der Waals surface area contributed by atoms with Crippen LogP contribution in [0.5, 0.6) is 5.75 Å². The molecule has 4 heteroatoms. The lowest BCUT2D eigenvalue weighted by molar-refractivity contribution is -0.120. The van der Waals surface area contributed by atoms with Gasteiger partial charge in [0.15, 0.2) is 0 Å². The van der Waals surface area contributed by atoms with Gasteiger partial charge in [0.2, 0.25) is 5.91 Å². The predicted molar refractivity (Wildman–Crippen MR) is 84.5 cm³/mol. The average Bonchev–Trinajstić information content (AvgIpc) is 3.22. The smallest absolute Gasteiger partial charge is 0.233 e. The fourth-order valence-electron chi connectivity index (χ4n) is 1.86. The van der Waals surface area contributed by atoms with Gasteiger partial charge in [-0.1, -0.05) is 12.1 Å². The Bertz CT molecular complexity index is 472. The van der Waals surface area contributed by atoms with Crippen molar-refractivity contribution in [2.45, 2.75) is 44.9 Å². The highest BCUT2D eigenvalue weighted by Crippen LogP contribution is 2.21. The van der Waals surface area contributed by atoms with Crippen molar-refractivity contribution in [1.82, 2.24) is 5.32 Å². The van der Waals surface area contributed by atoms with Crippen LogP contribution in [0.3, 0.4) is 0 Å². The summed E-state index contributed by atoms with van der Waals surface area (Å²) in [5, 5.41) is 3.03. The van der Waals surface area contributed by atoms with E-state index < -0.39 is 0 Å². The van der Waals surface area contributed by atoms with Crippen LogP contribution in [0.15, 0.2) is 18.2 Å². The normalized spacial score (nSPS) is 15.8. The lowest BCUT2D eigenvalue weighted by atomic mass is 10.1. The third-order valence-corrected chi connectivity index (χ3v) is 4.46. The van der Waals surface area contributed by atoms with E-state index in [9.17, 15) is 4.79 Å². The molecule has 0 radical (unpaired) electrons. The Labute approximate surface area is 125 Å². The van der Waals surface area contributed by atoms with Crippen LogP contribution in [0.1, 0.15) is 30.9 Å². The minimum Gasteiger partial charge on any atom is -0.492 e. The Hall–Kier alpha value is -1.16. The second-order valence-corrected chi connectivity index (χ2v) is 6.86. The van der Waals surface area contributed by atoms with Crippen molar-refractivity contribution >= 4 is 17.7 Å². The molecule has 0 aliphatic heterocycles. The van der Waals surface area contributed by atoms with Gasteiger partial charge in [-0.15, -0.1) is 11.8 Å². The molecule has 1 atom stereocenters. The van der Waals surface area contributed by atoms with Crippen molar-refractivity contribution in [2.24, 2.45) is 0 Å². The topological polar surface area (TPSA) is 38.3 Å². The Balaban J connectivity index is 1.67. The summed E-state index contributed by atoms with van der Waals surface area (Å²) in [6.45, 7) is 6.70. The van der Waals surface area contributed by atoms with Crippen molar-refractivity contribution < 1.29 is 9.53 Å². The van der Waals surface area contributed by atoms with Crippen LogP contribution in [0, 0.1) is 13.8 Å². The molecular formula is C16H23NO2S. The fraction of sp³-hybridized carbons (Fsp3) is 0.562. The molecule has 0 bridgehead atoms. The number of carbonyl (C=O) groups excluding carboxylic acids is 1. The van der Waals surface area contributed by atoms with Gasteiger partial charge >= 0.3 is 0 Å². The molecule has 1 aliphatic rings. The summed E-state index contributed by atoms with van der Waals surface area (Å²) in [4.78, 5) is 11.8. The van der Waals surface area contributed by atoms with Crippen molar-refractivity contribution in [3.63, 3.8) is 0 Å². The molecule has 1 aliphatic carbocycles. The zero-order valence-corrected chi connectivity index (χ0v) is 13.3. The summed E-state index contributed by atoms with van der Waals surface area (Å²) < 4.78 is 5.79. The molecule has 3 nitrogen and oxygen atoms in total. The first kappa shape index (κ1) is 15.2. The van der Waals surface area contributed by atoms with E-state index in [2.05, 4.69) is 30.4 Å². The fourth-order valence-corrected chi connectivity index (χ4v) is 2.61. The molecular weight excluding hydrogens is 270 g/mol. The number of aryl methyl sites for hydroxylation is 2. The maximum absolute atomic E-state index is 11.8. The zero-order valence-electron chi connectivity index (χ0n) is 12.4. The Morgan fingerprint density at radius 2 is 2.20 bits per heavy atom. The minimum atomic E-state index is -0.00203. The van der Waals surface area contributed by atoms with Crippen molar-refractivity contribution in [3.05, 3.63) is 29.3 Å². The van der Waals surface area contributed by atoms with Gasteiger partial charge in [-0.25, -0.2) is 0 Å². The summed E-state index contributed by atoms with van der Waals surface area (Å²) in [5.74, 6) is 1.93. The quantitative estimate of drug-likeness (QED) is 0.785. The lowest BCUT2D eigenvalue weighted by Gasteiger charge is -2.13. The Morgan fingerprint density at radius 1 is 1.45 bits per heavy atom. The molecule has 1 N–H and O–H groups in total. The minimum absolute atomic E-state index is 0.00203. The number of benzene rings is 1. The highest BCUT2D eigenvalue weighted by Gasteiger charge is 2.25. The molecule has 1 aromatic carbocycles. The molecule has 0 heterocycles. The third kappa shape index (κ3) is 4.75. The van der Waals surface area contributed by atoms with E-state index in [-0.39, 0.29) is 11.2 Å². The number of hydrogen-bond acceptors (Lipinski definition) is 3. The zero-order chi connectivity index (χ0) is 14.5. The monoisotopic (exact) mass is 293 g/mol. The highest BCUT2D eigenvalue weighted by atomic mass is 32.2. The molecule has 0 spiro atoms. The third-order valence-electron chi connectivity index (χ3n) is 3.35. The first-order valence-corrected chi connectivity index (χ1v) is 8.23. The van der Waals surface area contributed by atoms with Crippen molar-refractivity contribution in [1.29, 1.82) is 0 Å². The van der Waals surface area contributed by atoms with E-state index in [1.165, 1.54) is 5.56 Å². The first-order valence-electron chi connectivity index (χ1n) is 7.18. The number of rotatable bonds is 7. The molecule has 1 saturated carbocycles. The maximum Gasteiger partial charge on any atom is 0.233 e. The number of thioether (sulfide) groups is 1. The van der Waals surface area contributed by atoms with Gasteiger partial charge in [0.25, 0.3) is 0 Å². The number of carbonyl (C=O) groups is 1. The molecule has 110 valence electrons. The van der Waals surface area contributed by atoms with Gasteiger partial charge in [-0.05, 0) is 50.8 Å². The average molecular weight is 293 g/mol. The summed E-state index contributed by atoms with van der Waals surface area (Å²) in [6, 6.07) is 6.66. The second-order valence-electron chi connectivity index (χ2n) is 5.41. The second kappa shape index (κ2) is 7.02. The molecule has 1 amide bonds. The van der Waals surface area contributed by atoms with E-state index >= 15 is 0 Å². The largest absolute Gasteiger partial charge is 0.492 e. The number of amides is 1. The molecule has 1 unspecified atom stereocenters. The van der Waals surface area contributed by atoms with Crippen LogP contribution in [0.25, 0.3) is 0 Å². The van der Waals surface area contributed by atoms with E-state index in [4.69, 9.17) is 4.74 Å². The van der Waals surface area contributed by atoms with Crippen molar-refractivity contribution in [3.8, 4) is 5.75 Å². The van der Waals surface area contributed by atoms with Gasteiger partial charge in [0.05, 0.1) is 11.9 Å². The highest BCUT2D eigenvalue weighted by molar-refractivity contribution is 8.00. The summed E-state index contributed by atoms with van der Waals surface area (Å²) in [7, 11) is 0. The summed E-state index contributed by atoms with van der Waals surface area (Å²) >= 11 is 1.65. The van der Waals surface area contributed by atoms with Gasteiger partial charge < -0.3 is 10.1 Å². The van der Waals surface area contributed by atoms with E-state index in [1.807, 2.05) is 13.8 Å². The standard InChI is InChI=1S/C16H23NO2S/c1-11-4-5-12(2)15(10-11)19-8-9-20-13(3)16(18)17-14-6-7-14/h4-5,10,13-14H,6-9H2,1-3H3,(H,17,18). The van der Waals surface area contributed by atoms with Gasteiger partial charge in [-0.3, -0.25) is 4.79 Å². The summed E-state index contributed by atoms with van der Waals surface area (Å²) in [5.41, 5.74) is 2.36. The Morgan fingerprint density at radius 3 is 2.90 bits per heavy atom. The SMILES string of the molecule is Cc1ccc(C)c(OCCSC(C)C(=O)NC2CC2)c1. The molecule has 0 aromatic heterocycles. The maximum atomic E-state index is 11.8. The number of ether oxygens (including phenoxy) is 1. The van der Waals surface area contributed by atoms with E-state index in [0.717, 1.165) is 29.9 Å². The lowest BCUT2D eigenvalue weighted by Crippen LogP contribution is -2.32. The van der Waals surface area contributed by atoms with E-state index in [1.54, 1.807) is 11.8 Å². The van der Waals surface area contributed by atoms with Gasteiger partial charge in [0, 0.05) is 11.8 Å². The molecule has 1 aromatic rings. The van der Waals surface area contributed by atoms with Crippen LogP contribution in [-0.4, -0.2) is 29.6 Å². The number of hydrogen-bond donors (Lipinski definition) is 1. The van der Waals surface area contributed by atoms with Crippen LogP contribution in [0.2, 0.25) is 0 Å². The van der Waals surface area contributed by atoms with Crippen LogP contribution in [0.4, 0.5) is 0 Å². The van der Waals surface area contributed by atoms with Crippen LogP contribution >= 0.6 is 11.8 Å².